The van der Waals surface area contributed by atoms with E-state index in [1.54, 1.807) is 18.3 Å². The van der Waals surface area contributed by atoms with Crippen LogP contribution in [-0.4, -0.2) is 40.4 Å². The summed E-state index contributed by atoms with van der Waals surface area (Å²) in [5, 5.41) is 4.99. The second-order valence-electron chi connectivity index (χ2n) is 6.83. The zero-order chi connectivity index (χ0) is 19.5. The largest absolute Gasteiger partial charge is 0.440 e. The lowest BCUT2D eigenvalue weighted by molar-refractivity contribution is 0.102. The zero-order valence-electron chi connectivity index (χ0n) is 16.0. The average Bonchev–Trinajstić information content (AvgIpc) is 3.35. The van der Waals surface area contributed by atoms with Gasteiger partial charge in [-0.05, 0) is 42.5 Å². The first-order chi connectivity index (χ1) is 13.6. The number of amides is 1. The van der Waals surface area contributed by atoms with E-state index < -0.39 is 0 Å². The minimum Gasteiger partial charge on any atom is -0.440 e. The Kier molecular flexibility index (Phi) is 5.85. The Labute approximate surface area is 173 Å². The molecular weight excluding hydrogens is 390 g/mol. The summed E-state index contributed by atoms with van der Waals surface area (Å²) in [4.78, 5) is 20.6. The SMILES string of the molecule is Cc1oc(-c2cccs2)nc1C(=O)Nc1cccc(CN2CCSCC2)c1C. The molecule has 0 aliphatic carbocycles. The van der Waals surface area contributed by atoms with Crippen molar-refractivity contribution in [3.8, 4) is 10.8 Å². The molecule has 7 heteroatoms. The van der Waals surface area contributed by atoms with Gasteiger partial charge in [-0.2, -0.15) is 11.8 Å². The molecule has 28 heavy (non-hydrogen) atoms. The van der Waals surface area contributed by atoms with Crippen LogP contribution < -0.4 is 5.32 Å². The van der Waals surface area contributed by atoms with Crippen LogP contribution in [0.1, 0.15) is 27.4 Å². The van der Waals surface area contributed by atoms with E-state index in [0.29, 0.717) is 17.3 Å². The molecule has 1 N–H and O–H groups in total. The number of oxazole rings is 1. The van der Waals surface area contributed by atoms with Crippen LogP contribution in [0, 0.1) is 13.8 Å². The van der Waals surface area contributed by atoms with E-state index in [1.807, 2.05) is 41.4 Å². The van der Waals surface area contributed by atoms with E-state index in [1.165, 1.54) is 17.1 Å². The van der Waals surface area contributed by atoms with Crippen molar-refractivity contribution in [1.82, 2.24) is 9.88 Å². The first-order valence-electron chi connectivity index (χ1n) is 9.33. The summed E-state index contributed by atoms with van der Waals surface area (Å²) in [6.45, 7) is 6.99. The first kappa shape index (κ1) is 19.2. The summed E-state index contributed by atoms with van der Waals surface area (Å²) < 4.78 is 5.70. The molecule has 2 aromatic heterocycles. The Hall–Kier alpha value is -2.09. The van der Waals surface area contributed by atoms with Gasteiger partial charge < -0.3 is 9.73 Å². The van der Waals surface area contributed by atoms with Crippen molar-refractivity contribution in [2.24, 2.45) is 0 Å². The van der Waals surface area contributed by atoms with Crippen molar-refractivity contribution in [2.45, 2.75) is 20.4 Å². The number of benzene rings is 1. The number of hydrogen-bond acceptors (Lipinski definition) is 6. The highest BCUT2D eigenvalue weighted by Gasteiger charge is 2.20. The number of carbonyl (C=O) groups is 1. The van der Waals surface area contributed by atoms with Crippen molar-refractivity contribution in [1.29, 1.82) is 0 Å². The molecule has 0 saturated carbocycles. The van der Waals surface area contributed by atoms with Crippen LogP contribution in [0.2, 0.25) is 0 Å². The van der Waals surface area contributed by atoms with Crippen molar-refractivity contribution in [3.63, 3.8) is 0 Å². The van der Waals surface area contributed by atoms with Gasteiger partial charge in [0.05, 0.1) is 4.88 Å². The highest BCUT2D eigenvalue weighted by molar-refractivity contribution is 7.99. The number of anilines is 1. The summed E-state index contributed by atoms with van der Waals surface area (Å²) in [6.07, 6.45) is 0. The fourth-order valence-corrected chi connectivity index (χ4v) is 4.91. The molecule has 5 nitrogen and oxygen atoms in total. The Morgan fingerprint density at radius 3 is 2.79 bits per heavy atom. The van der Waals surface area contributed by atoms with Gasteiger partial charge in [0.2, 0.25) is 5.89 Å². The van der Waals surface area contributed by atoms with Crippen LogP contribution in [-0.2, 0) is 6.54 Å². The third-order valence-electron chi connectivity index (χ3n) is 4.94. The molecule has 1 fully saturated rings. The molecule has 0 unspecified atom stereocenters. The van der Waals surface area contributed by atoms with Crippen LogP contribution in [0.5, 0.6) is 0 Å². The molecule has 0 spiro atoms. The van der Waals surface area contributed by atoms with E-state index in [-0.39, 0.29) is 5.91 Å². The van der Waals surface area contributed by atoms with Gasteiger partial charge in [-0.3, -0.25) is 9.69 Å². The van der Waals surface area contributed by atoms with Gasteiger partial charge in [0.25, 0.3) is 5.91 Å². The number of hydrogen-bond donors (Lipinski definition) is 1. The summed E-state index contributed by atoms with van der Waals surface area (Å²) >= 11 is 3.55. The second kappa shape index (κ2) is 8.51. The molecule has 1 aliphatic rings. The zero-order valence-corrected chi connectivity index (χ0v) is 17.7. The number of thiophene rings is 1. The summed E-state index contributed by atoms with van der Waals surface area (Å²) in [5.74, 6) is 3.16. The topological polar surface area (TPSA) is 58.4 Å². The number of thioether (sulfide) groups is 1. The molecule has 0 radical (unpaired) electrons. The van der Waals surface area contributed by atoms with Gasteiger partial charge in [-0.15, -0.1) is 11.3 Å². The Morgan fingerprint density at radius 2 is 2.04 bits per heavy atom. The fraction of sp³-hybridized carbons (Fsp3) is 0.333. The first-order valence-corrected chi connectivity index (χ1v) is 11.4. The molecular formula is C21H23N3O2S2. The maximum atomic E-state index is 12.8. The number of carbonyl (C=O) groups excluding carboxylic acids is 1. The third-order valence-corrected chi connectivity index (χ3v) is 6.74. The van der Waals surface area contributed by atoms with Crippen molar-refractivity contribution in [3.05, 3.63) is 58.3 Å². The van der Waals surface area contributed by atoms with E-state index in [2.05, 4.69) is 28.2 Å². The molecule has 0 atom stereocenters. The lowest BCUT2D eigenvalue weighted by Gasteiger charge is -2.27. The van der Waals surface area contributed by atoms with Gasteiger partial charge in [0.1, 0.15) is 5.76 Å². The quantitative estimate of drug-likeness (QED) is 0.650. The number of nitrogens with one attached hydrogen (secondary N) is 1. The standard InChI is InChI=1S/C21H23N3O2S2/c1-14-16(13-24-8-11-27-12-9-24)5-3-6-17(14)22-20(25)19-15(2)26-21(23-19)18-7-4-10-28-18/h3-7,10H,8-9,11-13H2,1-2H3,(H,22,25). The lowest BCUT2D eigenvalue weighted by Crippen LogP contribution is -2.32. The van der Waals surface area contributed by atoms with Crippen LogP contribution in [0.25, 0.3) is 10.8 Å². The molecule has 1 aliphatic heterocycles. The lowest BCUT2D eigenvalue weighted by atomic mass is 10.1. The van der Waals surface area contributed by atoms with E-state index in [9.17, 15) is 4.79 Å². The van der Waals surface area contributed by atoms with Gasteiger partial charge in [-0.25, -0.2) is 4.98 Å². The number of aryl methyl sites for hydroxylation is 1. The van der Waals surface area contributed by atoms with Crippen LogP contribution in [0.3, 0.4) is 0 Å². The molecule has 1 saturated heterocycles. The van der Waals surface area contributed by atoms with Gasteiger partial charge >= 0.3 is 0 Å². The monoisotopic (exact) mass is 413 g/mol. The summed E-state index contributed by atoms with van der Waals surface area (Å²) in [7, 11) is 0. The number of rotatable bonds is 5. The van der Waals surface area contributed by atoms with Gasteiger partial charge in [0.15, 0.2) is 5.69 Å². The molecule has 146 valence electrons. The Morgan fingerprint density at radius 1 is 1.21 bits per heavy atom. The predicted octanol–water partition coefficient (Wildman–Crippen LogP) is 4.82. The smallest absolute Gasteiger partial charge is 0.277 e. The molecule has 1 aromatic carbocycles. The molecule has 1 amide bonds. The van der Waals surface area contributed by atoms with Crippen molar-refractivity contribution in [2.75, 3.05) is 29.9 Å². The van der Waals surface area contributed by atoms with Crippen LogP contribution in [0.4, 0.5) is 5.69 Å². The molecule has 3 aromatic rings. The highest BCUT2D eigenvalue weighted by Crippen LogP contribution is 2.27. The van der Waals surface area contributed by atoms with E-state index >= 15 is 0 Å². The second-order valence-corrected chi connectivity index (χ2v) is 9.01. The third kappa shape index (κ3) is 4.16. The normalized spacial score (nSPS) is 14.9. The van der Waals surface area contributed by atoms with Crippen LogP contribution in [0.15, 0.2) is 40.1 Å². The predicted molar refractivity (Wildman–Crippen MR) is 116 cm³/mol. The minimum atomic E-state index is -0.237. The van der Waals surface area contributed by atoms with Crippen LogP contribution >= 0.6 is 23.1 Å². The van der Waals surface area contributed by atoms with Crippen molar-refractivity contribution >= 4 is 34.7 Å². The summed E-state index contributed by atoms with van der Waals surface area (Å²) in [5.41, 5.74) is 3.52. The minimum absolute atomic E-state index is 0.237. The van der Waals surface area contributed by atoms with Gasteiger partial charge in [0, 0.05) is 36.8 Å². The molecule has 4 rings (SSSR count). The van der Waals surface area contributed by atoms with Crippen molar-refractivity contribution < 1.29 is 9.21 Å². The summed E-state index contributed by atoms with van der Waals surface area (Å²) in [6, 6.07) is 9.96. The fourth-order valence-electron chi connectivity index (χ4n) is 3.28. The number of nitrogens with zero attached hydrogens (tertiary/aromatic N) is 2. The van der Waals surface area contributed by atoms with Gasteiger partial charge in [-0.1, -0.05) is 18.2 Å². The maximum Gasteiger partial charge on any atom is 0.277 e. The maximum absolute atomic E-state index is 12.8. The molecule has 0 bridgehead atoms. The Balaban J connectivity index is 1.51. The van der Waals surface area contributed by atoms with E-state index in [4.69, 9.17) is 4.42 Å². The molecule has 3 heterocycles. The van der Waals surface area contributed by atoms with E-state index in [0.717, 1.165) is 35.8 Å². The highest BCUT2D eigenvalue weighted by atomic mass is 32.2. The Bertz CT molecular complexity index is 960. The average molecular weight is 414 g/mol. The number of aromatic nitrogens is 1.